The Hall–Kier alpha value is -2.89. The van der Waals surface area contributed by atoms with Crippen molar-refractivity contribution in [2.75, 3.05) is 13.1 Å². The van der Waals surface area contributed by atoms with Crippen LogP contribution in [0.1, 0.15) is 24.0 Å². The SMILES string of the molecule is O=C(NCc1cccnc1)C1CC12CCN(C(=O)NCc1ccccc1)C2. The summed E-state index contributed by atoms with van der Waals surface area (Å²) in [5, 5.41) is 5.98. The first-order valence-corrected chi connectivity index (χ1v) is 9.40. The van der Waals surface area contributed by atoms with E-state index in [1.807, 2.05) is 47.4 Å². The molecule has 2 unspecified atom stereocenters. The highest BCUT2D eigenvalue weighted by Crippen LogP contribution is 2.58. The van der Waals surface area contributed by atoms with Gasteiger partial charge in [-0.2, -0.15) is 0 Å². The van der Waals surface area contributed by atoms with Gasteiger partial charge in [-0.3, -0.25) is 9.78 Å². The van der Waals surface area contributed by atoms with Gasteiger partial charge in [0.15, 0.2) is 0 Å². The van der Waals surface area contributed by atoms with Gasteiger partial charge in [-0.15, -0.1) is 0 Å². The van der Waals surface area contributed by atoms with Crippen molar-refractivity contribution < 1.29 is 9.59 Å². The summed E-state index contributed by atoms with van der Waals surface area (Å²) in [4.78, 5) is 30.8. The highest BCUT2D eigenvalue weighted by atomic mass is 16.2. The predicted octanol–water partition coefficient (Wildman–Crippen LogP) is 2.32. The maximum Gasteiger partial charge on any atom is 0.317 e. The minimum Gasteiger partial charge on any atom is -0.352 e. The molecule has 6 heteroatoms. The van der Waals surface area contributed by atoms with E-state index in [2.05, 4.69) is 15.6 Å². The van der Waals surface area contributed by atoms with Crippen molar-refractivity contribution in [3.05, 3.63) is 66.0 Å². The molecule has 1 saturated carbocycles. The molecule has 2 fully saturated rings. The zero-order valence-corrected chi connectivity index (χ0v) is 15.2. The van der Waals surface area contributed by atoms with Gasteiger partial charge in [-0.1, -0.05) is 36.4 Å². The minimum atomic E-state index is -0.0443. The van der Waals surface area contributed by atoms with Gasteiger partial charge in [-0.25, -0.2) is 4.79 Å². The number of rotatable bonds is 5. The lowest BCUT2D eigenvalue weighted by molar-refractivity contribution is -0.123. The lowest BCUT2D eigenvalue weighted by atomic mass is 10.0. The average molecular weight is 364 g/mol. The number of aromatic nitrogens is 1. The maximum absolute atomic E-state index is 12.5. The standard InChI is InChI=1S/C21H24N4O2/c26-19(23-14-17-7-4-9-22-12-17)18-11-21(18)8-10-25(15-21)20(27)24-13-16-5-2-1-3-6-16/h1-7,9,12,18H,8,10-11,13-15H2,(H,23,26)(H,24,27). The fraction of sp³-hybridized carbons (Fsp3) is 0.381. The molecular weight excluding hydrogens is 340 g/mol. The van der Waals surface area contributed by atoms with E-state index in [9.17, 15) is 9.59 Å². The normalized spacial score (nSPS) is 23.3. The quantitative estimate of drug-likeness (QED) is 0.855. The van der Waals surface area contributed by atoms with Crippen molar-refractivity contribution in [3.63, 3.8) is 0 Å². The van der Waals surface area contributed by atoms with Crippen LogP contribution >= 0.6 is 0 Å². The number of benzene rings is 1. The van der Waals surface area contributed by atoms with Crippen LogP contribution in [0, 0.1) is 11.3 Å². The molecule has 2 N–H and O–H groups in total. The summed E-state index contributed by atoms with van der Waals surface area (Å²) in [7, 11) is 0. The molecule has 3 amide bonds. The first-order valence-electron chi connectivity index (χ1n) is 9.40. The van der Waals surface area contributed by atoms with E-state index >= 15 is 0 Å². The van der Waals surface area contributed by atoms with E-state index in [0.29, 0.717) is 26.2 Å². The third-order valence-electron chi connectivity index (χ3n) is 5.65. The fourth-order valence-corrected chi connectivity index (χ4v) is 3.94. The number of hydrogen-bond donors (Lipinski definition) is 2. The van der Waals surface area contributed by atoms with Crippen LogP contribution in [-0.2, 0) is 17.9 Å². The van der Waals surface area contributed by atoms with E-state index in [0.717, 1.165) is 24.0 Å². The Morgan fingerprint density at radius 1 is 1.07 bits per heavy atom. The summed E-state index contributed by atoms with van der Waals surface area (Å²) in [5.74, 6) is 0.103. The molecule has 2 heterocycles. The summed E-state index contributed by atoms with van der Waals surface area (Å²) in [5.41, 5.74) is 2.05. The summed E-state index contributed by atoms with van der Waals surface area (Å²) >= 11 is 0. The zero-order chi connectivity index (χ0) is 18.7. The molecule has 140 valence electrons. The molecule has 2 aliphatic rings. The lowest BCUT2D eigenvalue weighted by Crippen LogP contribution is -2.38. The minimum absolute atomic E-state index is 0.0149. The molecule has 4 rings (SSSR count). The molecule has 1 aromatic heterocycles. The molecule has 6 nitrogen and oxygen atoms in total. The fourth-order valence-electron chi connectivity index (χ4n) is 3.94. The number of urea groups is 1. The second-order valence-electron chi connectivity index (χ2n) is 7.51. The molecule has 2 aromatic rings. The van der Waals surface area contributed by atoms with Gasteiger partial charge in [0.05, 0.1) is 0 Å². The van der Waals surface area contributed by atoms with Gasteiger partial charge >= 0.3 is 6.03 Å². The van der Waals surface area contributed by atoms with E-state index in [1.54, 1.807) is 12.4 Å². The number of pyridine rings is 1. The van der Waals surface area contributed by atoms with Crippen molar-refractivity contribution in [2.24, 2.45) is 11.3 Å². The number of likely N-dealkylation sites (tertiary alicyclic amines) is 1. The number of carbonyl (C=O) groups is 2. The first kappa shape index (κ1) is 17.5. The highest BCUT2D eigenvalue weighted by molar-refractivity contribution is 5.83. The third kappa shape index (κ3) is 3.94. The Morgan fingerprint density at radius 3 is 2.63 bits per heavy atom. The lowest BCUT2D eigenvalue weighted by Gasteiger charge is -2.17. The number of nitrogens with zero attached hydrogens (tertiary/aromatic N) is 2. The number of carbonyl (C=O) groups excluding carboxylic acids is 2. The van der Waals surface area contributed by atoms with Crippen LogP contribution in [0.15, 0.2) is 54.9 Å². The molecule has 1 aliphatic heterocycles. The van der Waals surface area contributed by atoms with Crippen LogP contribution in [0.4, 0.5) is 4.79 Å². The van der Waals surface area contributed by atoms with Crippen molar-refractivity contribution in [1.82, 2.24) is 20.5 Å². The van der Waals surface area contributed by atoms with Crippen molar-refractivity contribution >= 4 is 11.9 Å². The smallest absolute Gasteiger partial charge is 0.317 e. The van der Waals surface area contributed by atoms with Crippen molar-refractivity contribution in [1.29, 1.82) is 0 Å². The highest BCUT2D eigenvalue weighted by Gasteiger charge is 2.61. The van der Waals surface area contributed by atoms with E-state index in [-0.39, 0.29) is 23.3 Å². The molecule has 1 aromatic carbocycles. The number of nitrogens with one attached hydrogen (secondary N) is 2. The monoisotopic (exact) mass is 364 g/mol. The topological polar surface area (TPSA) is 74.3 Å². The second-order valence-corrected chi connectivity index (χ2v) is 7.51. The Labute approximate surface area is 159 Å². The zero-order valence-electron chi connectivity index (χ0n) is 15.2. The summed E-state index contributed by atoms with van der Waals surface area (Å²) in [6.45, 7) is 2.41. The second kappa shape index (κ2) is 7.39. The van der Waals surface area contributed by atoms with Gasteiger partial charge in [0.2, 0.25) is 5.91 Å². The molecular formula is C21H24N4O2. The molecule has 1 saturated heterocycles. The number of amides is 3. The Bertz CT molecular complexity index is 756. The molecule has 0 bridgehead atoms. The van der Waals surface area contributed by atoms with Crippen molar-refractivity contribution in [3.8, 4) is 0 Å². The maximum atomic E-state index is 12.5. The number of hydrogen-bond acceptors (Lipinski definition) is 3. The van der Waals surface area contributed by atoms with Gasteiger partial charge in [0, 0.05) is 49.9 Å². The van der Waals surface area contributed by atoms with Crippen LogP contribution < -0.4 is 10.6 Å². The molecule has 0 radical (unpaired) electrons. The van der Waals surface area contributed by atoms with Crippen LogP contribution in [-0.4, -0.2) is 34.9 Å². The Balaban J connectivity index is 1.24. The van der Waals surface area contributed by atoms with E-state index < -0.39 is 0 Å². The van der Waals surface area contributed by atoms with Gasteiger partial charge in [0.25, 0.3) is 0 Å². The summed E-state index contributed by atoms with van der Waals surface area (Å²) < 4.78 is 0. The largest absolute Gasteiger partial charge is 0.352 e. The Kier molecular flexibility index (Phi) is 4.79. The van der Waals surface area contributed by atoms with E-state index in [1.165, 1.54) is 0 Å². The molecule has 1 aliphatic carbocycles. The van der Waals surface area contributed by atoms with Gasteiger partial charge in [0.1, 0.15) is 0 Å². The van der Waals surface area contributed by atoms with Crippen LogP contribution in [0.5, 0.6) is 0 Å². The third-order valence-corrected chi connectivity index (χ3v) is 5.65. The predicted molar refractivity (Wildman–Crippen MR) is 101 cm³/mol. The molecule has 2 atom stereocenters. The average Bonchev–Trinajstić information content (AvgIpc) is 3.25. The van der Waals surface area contributed by atoms with Gasteiger partial charge < -0.3 is 15.5 Å². The first-order chi connectivity index (χ1) is 13.2. The van der Waals surface area contributed by atoms with Gasteiger partial charge in [-0.05, 0) is 30.0 Å². The van der Waals surface area contributed by atoms with Crippen molar-refractivity contribution in [2.45, 2.75) is 25.9 Å². The summed E-state index contributed by atoms with van der Waals surface area (Å²) in [6.07, 6.45) is 5.25. The van der Waals surface area contributed by atoms with E-state index in [4.69, 9.17) is 0 Å². The summed E-state index contributed by atoms with van der Waals surface area (Å²) in [6, 6.07) is 13.6. The molecule has 1 spiro atoms. The Morgan fingerprint density at radius 2 is 1.85 bits per heavy atom. The van der Waals surface area contributed by atoms with Crippen LogP contribution in [0.2, 0.25) is 0 Å². The van der Waals surface area contributed by atoms with Crippen LogP contribution in [0.25, 0.3) is 0 Å². The van der Waals surface area contributed by atoms with Crippen LogP contribution in [0.3, 0.4) is 0 Å². The molecule has 27 heavy (non-hydrogen) atoms.